The molecule has 0 unspecified atom stereocenters. The van der Waals surface area contributed by atoms with Gasteiger partial charge in [-0.3, -0.25) is 0 Å². The Morgan fingerprint density at radius 1 is 0.615 bits per heavy atom. The molecule has 0 amide bonds. The fraction of sp³-hybridized carbons (Fsp3) is 0.550. The smallest absolute Gasteiger partial charge is 0.230 e. The van der Waals surface area contributed by atoms with Crippen LogP contribution in [0.5, 0.6) is 0 Å². The molecular weight excluding hydrogens is 706 g/mol. The lowest BCUT2D eigenvalue weighted by Gasteiger charge is -2.33. The highest BCUT2D eigenvalue weighted by molar-refractivity contribution is 7.19. The number of thiophene rings is 2. The Morgan fingerprint density at radius 3 is 1.63 bits per heavy atom. The van der Waals surface area contributed by atoms with E-state index < -0.39 is 0 Å². The number of fused-ring (bicyclic) bond motifs is 6. The summed E-state index contributed by atoms with van der Waals surface area (Å²) in [5, 5.41) is 13.8. The molecule has 9 nitrogen and oxygen atoms in total. The third kappa shape index (κ3) is 7.76. The van der Waals surface area contributed by atoms with Crippen molar-refractivity contribution in [3.05, 3.63) is 56.5 Å². The van der Waals surface area contributed by atoms with E-state index in [1.807, 2.05) is 29.5 Å². The summed E-state index contributed by atoms with van der Waals surface area (Å²) < 4.78 is 0. The standard InChI is InChI=1S/C23H29N5S.C17H23ClN4S/c1-28(2)17-13-11-16(12-14-17)24-21-20-18-9-6-10-19(18)29-22(20)27-23(26-21)25-15-7-4-3-5-8-15;1-22(2)11-8-6-10(7-9-11)19-15-14-12-4-3-5-13(12)23-16(14)21-17(18)20-15/h3-5,7-8,16-17H,6,9-14H2,1-2H3,(H2,24,25,26,27);10-11H,3-9H2,1-2H3,(H,19,20,21). The summed E-state index contributed by atoms with van der Waals surface area (Å²) >= 11 is 9.82. The third-order valence-corrected chi connectivity index (χ3v) is 14.2. The molecule has 2 saturated carbocycles. The van der Waals surface area contributed by atoms with E-state index in [-0.39, 0.29) is 0 Å². The maximum Gasteiger partial charge on any atom is 0.230 e. The van der Waals surface area contributed by atoms with E-state index in [0.717, 1.165) is 39.8 Å². The molecule has 4 heterocycles. The largest absolute Gasteiger partial charge is 0.367 e. The molecule has 2 fully saturated rings. The Balaban J connectivity index is 0.000000153. The van der Waals surface area contributed by atoms with Crippen LogP contribution in [-0.2, 0) is 25.7 Å². The SMILES string of the molecule is CN(C)C1CCC(Nc2nc(Cl)nc3sc4c(c23)CCC4)CC1.CN(C)C1CCC(Nc2nc(Nc3ccccc3)nc3sc4c(c23)CCC4)CC1. The van der Waals surface area contributed by atoms with Gasteiger partial charge in [0.15, 0.2) is 0 Å². The van der Waals surface area contributed by atoms with Crippen molar-refractivity contribution in [2.75, 3.05) is 44.1 Å². The highest BCUT2D eigenvalue weighted by Crippen LogP contribution is 2.42. The summed E-state index contributed by atoms with van der Waals surface area (Å²) in [6.45, 7) is 0. The molecular formula is C40H52ClN9S2. The molecule has 4 aliphatic rings. The van der Waals surface area contributed by atoms with Gasteiger partial charge in [-0.15, -0.1) is 22.7 Å². The zero-order chi connectivity index (χ0) is 35.8. The topological polar surface area (TPSA) is 94.1 Å². The predicted octanol–water partition coefficient (Wildman–Crippen LogP) is 9.33. The number of anilines is 4. The van der Waals surface area contributed by atoms with Crippen molar-refractivity contribution < 1.29 is 0 Å². The van der Waals surface area contributed by atoms with Gasteiger partial charge in [-0.25, -0.2) is 15.0 Å². The fourth-order valence-electron chi connectivity index (χ4n) is 8.74. The van der Waals surface area contributed by atoms with Crippen LogP contribution in [0, 0.1) is 0 Å². The molecule has 0 bridgehead atoms. The molecule has 4 aliphatic carbocycles. The van der Waals surface area contributed by atoms with Gasteiger partial charge < -0.3 is 25.8 Å². The average molecular weight is 759 g/mol. The lowest BCUT2D eigenvalue weighted by molar-refractivity contribution is 0.221. The van der Waals surface area contributed by atoms with Crippen molar-refractivity contribution in [3.8, 4) is 0 Å². The number of aryl methyl sites for hydroxylation is 4. The molecule has 4 aromatic heterocycles. The quantitative estimate of drug-likeness (QED) is 0.134. The number of hydrogen-bond donors (Lipinski definition) is 3. The second-order valence-corrected chi connectivity index (χ2v) is 18.0. The van der Waals surface area contributed by atoms with Crippen molar-refractivity contribution in [3.63, 3.8) is 0 Å². The lowest BCUT2D eigenvalue weighted by Crippen LogP contribution is -2.36. The van der Waals surface area contributed by atoms with Crippen LogP contribution in [0.2, 0.25) is 5.28 Å². The van der Waals surface area contributed by atoms with Gasteiger partial charge in [0.05, 0.1) is 10.8 Å². The van der Waals surface area contributed by atoms with E-state index in [1.165, 1.54) is 109 Å². The maximum atomic E-state index is 6.17. The van der Waals surface area contributed by atoms with Crippen LogP contribution in [0.3, 0.4) is 0 Å². The third-order valence-electron chi connectivity index (χ3n) is 11.7. The predicted molar refractivity (Wildman–Crippen MR) is 220 cm³/mol. The number of aromatic nitrogens is 4. The minimum Gasteiger partial charge on any atom is -0.367 e. The van der Waals surface area contributed by atoms with Crippen LogP contribution in [0.1, 0.15) is 85.1 Å². The Hall–Kier alpha value is -3.09. The molecule has 1 aromatic carbocycles. The van der Waals surface area contributed by atoms with E-state index >= 15 is 0 Å². The summed E-state index contributed by atoms with van der Waals surface area (Å²) in [4.78, 5) is 28.7. The Morgan fingerprint density at radius 2 is 1.12 bits per heavy atom. The summed E-state index contributed by atoms with van der Waals surface area (Å²) in [5.41, 5.74) is 3.97. The molecule has 9 rings (SSSR count). The number of nitrogens with one attached hydrogen (secondary N) is 3. The summed E-state index contributed by atoms with van der Waals surface area (Å²) in [7, 11) is 8.76. The summed E-state index contributed by atoms with van der Waals surface area (Å²) in [6, 6.07) is 12.6. The zero-order valence-corrected chi connectivity index (χ0v) is 33.4. The molecule has 0 aliphatic heterocycles. The number of nitrogens with zero attached hydrogens (tertiary/aromatic N) is 6. The monoisotopic (exact) mass is 757 g/mol. The van der Waals surface area contributed by atoms with Crippen LogP contribution in [0.15, 0.2) is 30.3 Å². The maximum absolute atomic E-state index is 6.17. The average Bonchev–Trinajstić information content (AvgIpc) is 3.92. The first-order valence-corrected chi connectivity index (χ1v) is 21.3. The Kier molecular flexibility index (Phi) is 10.9. The highest BCUT2D eigenvalue weighted by Gasteiger charge is 2.28. The van der Waals surface area contributed by atoms with Gasteiger partial charge in [0.25, 0.3) is 0 Å². The van der Waals surface area contributed by atoms with E-state index in [1.54, 1.807) is 11.3 Å². The number of hydrogen-bond acceptors (Lipinski definition) is 11. The van der Waals surface area contributed by atoms with Gasteiger partial charge in [0.2, 0.25) is 11.2 Å². The van der Waals surface area contributed by atoms with Crippen molar-refractivity contribution in [1.82, 2.24) is 29.7 Å². The molecule has 0 spiro atoms. The van der Waals surface area contributed by atoms with Crippen LogP contribution < -0.4 is 16.0 Å². The van der Waals surface area contributed by atoms with E-state index in [0.29, 0.717) is 35.4 Å². The molecule has 12 heteroatoms. The molecule has 3 N–H and O–H groups in total. The number of para-hydroxylation sites is 1. The van der Waals surface area contributed by atoms with Gasteiger partial charge in [-0.05, 0) is 153 Å². The van der Waals surface area contributed by atoms with Crippen LogP contribution in [-0.4, -0.2) is 82.1 Å². The Labute approximate surface area is 321 Å². The van der Waals surface area contributed by atoms with Gasteiger partial charge in [-0.1, -0.05) is 18.2 Å². The Bertz CT molecular complexity index is 1990. The van der Waals surface area contributed by atoms with Crippen LogP contribution >= 0.6 is 34.3 Å². The van der Waals surface area contributed by atoms with Crippen LogP contribution in [0.4, 0.5) is 23.3 Å². The first-order chi connectivity index (χ1) is 25.3. The second-order valence-electron chi connectivity index (χ2n) is 15.5. The molecule has 52 heavy (non-hydrogen) atoms. The highest BCUT2D eigenvalue weighted by atomic mass is 35.5. The molecule has 0 radical (unpaired) electrons. The first-order valence-electron chi connectivity index (χ1n) is 19.3. The number of halogens is 1. The number of benzene rings is 1. The van der Waals surface area contributed by atoms with Gasteiger partial charge in [0.1, 0.15) is 21.3 Å². The first kappa shape index (κ1) is 35.9. The minimum absolute atomic E-state index is 0.363. The number of rotatable bonds is 8. The van der Waals surface area contributed by atoms with Gasteiger partial charge in [0, 0.05) is 39.6 Å². The van der Waals surface area contributed by atoms with Crippen LogP contribution in [0.25, 0.3) is 20.4 Å². The van der Waals surface area contributed by atoms with Crippen molar-refractivity contribution >= 4 is 78.0 Å². The van der Waals surface area contributed by atoms with Gasteiger partial charge in [-0.2, -0.15) is 4.98 Å². The van der Waals surface area contributed by atoms with E-state index in [4.69, 9.17) is 21.6 Å². The van der Waals surface area contributed by atoms with E-state index in [2.05, 4.69) is 76.0 Å². The van der Waals surface area contributed by atoms with Crippen molar-refractivity contribution in [2.24, 2.45) is 0 Å². The second kappa shape index (κ2) is 15.7. The summed E-state index contributed by atoms with van der Waals surface area (Å²) in [5.74, 6) is 2.68. The lowest BCUT2D eigenvalue weighted by atomic mass is 9.90. The normalized spacial score (nSPS) is 22.8. The molecule has 0 saturated heterocycles. The summed E-state index contributed by atoms with van der Waals surface area (Å²) in [6.07, 6.45) is 17.0. The van der Waals surface area contributed by atoms with Crippen molar-refractivity contribution in [1.29, 1.82) is 0 Å². The molecule has 0 atom stereocenters. The zero-order valence-electron chi connectivity index (χ0n) is 31.0. The van der Waals surface area contributed by atoms with Gasteiger partial charge >= 0.3 is 0 Å². The van der Waals surface area contributed by atoms with Crippen molar-refractivity contribution in [2.45, 2.75) is 114 Å². The molecule has 276 valence electrons. The van der Waals surface area contributed by atoms with E-state index in [9.17, 15) is 0 Å². The minimum atomic E-state index is 0.363. The molecule has 5 aromatic rings. The fourth-order valence-corrected chi connectivity index (χ4v) is 11.5.